The highest BCUT2D eigenvalue weighted by Gasteiger charge is 2.33. The highest BCUT2D eigenvalue weighted by atomic mass is 19.1. The minimum atomic E-state index is -0.317. The number of aromatic nitrogens is 2. The molecule has 2 aromatic carbocycles. The second-order valence-electron chi connectivity index (χ2n) is 7.17. The summed E-state index contributed by atoms with van der Waals surface area (Å²) < 4.78 is 16.1. The second kappa shape index (κ2) is 7.47. The van der Waals surface area contributed by atoms with Crippen LogP contribution in [0, 0.1) is 5.82 Å². The predicted octanol–water partition coefficient (Wildman–Crippen LogP) is 5.27. The van der Waals surface area contributed by atoms with Crippen molar-refractivity contribution in [2.24, 2.45) is 0 Å². The van der Waals surface area contributed by atoms with Crippen LogP contribution in [0.3, 0.4) is 0 Å². The van der Waals surface area contributed by atoms with Crippen LogP contribution in [0.4, 0.5) is 4.39 Å². The maximum Gasteiger partial charge on any atom is 0.167 e. The van der Waals surface area contributed by atoms with Crippen molar-refractivity contribution in [1.82, 2.24) is 9.78 Å². The van der Waals surface area contributed by atoms with Gasteiger partial charge in [0.15, 0.2) is 5.78 Å². The molecule has 1 aliphatic carbocycles. The topological polar surface area (TPSA) is 34.9 Å². The molecule has 0 amide bonds. The number of Topliss-reactive ketones (excluding diaryl/α,β-unsaturated/α-hetero) is 1. The SMILES string of the molecule is CCCCc1c2c(nn1-c1ccccc1F)C[C@H](c1ccccc1)CC2=O. The number of nitrogens with zero attached hydrogens (tertiary/aromatic N) is 2. The molecule has 27 heavy (non-hydrogen) atoms. The smallest absolute Gasteiger partial charge is 0.167 e. The average Bonchev–Trinajstić information content (AvgIpc) is 3.06. The summed E-state index contributed by atoms with van der Waals surface area (Å²) in [5.74, 6) is -0.0601. The van der Waals surface area contributed by atoms with Crippen molar-refractivity contribution < 1.29 is 9.18 Å². The van der Waals surface area contributed by atoms with E-state index in [1.165, 1.54) is 6.07 Å². The van der Waals surface area contributed by atoms with Crippen molar-refractivity contribution in [2.45, 2.75) is 44.9 Å². The highest BCUT2D eigenvalue weighted by molar-refractivity contribution is 6.00. The molecule has 0 spiro atoms. The van der Waals surface area contributed by atoms with E-state index in [4.69, 9.17) is 5.10 Å². The normalized spacial score (nSPS) is 16.4. The third-order valence-corrected chi connectivity index (χ3v) is 5.32. The van der Waals surface area contributed by atoms with E-state index in [1.54, 1.807) is 22.9 Å². The Morgan fingerprint density at radius 3 is 2.56 bits per heavy atom. The molecule has 1 aromatic heterocycles. The fourth-order valence-corrected chi connectivity index (χ4v) is 3.96. The summed E-state index contributed by atoms with van der Waals surface area (Å²) in [5.41, 5.74) is 3.95. The number of carbonyl (C=O) groups is 1. The number of fused-ring (bicyclic) bond motifs is 1. The highest BCUT2D eigenvalue weighted by Crippen LogP contribution is 2.35. The lowest BCUT2D eigenvalue weighted by atomic mass is 9.81. The van der Waals surface area contributed by atoms with E-state index in [0.717, 1.165) is 41.8 Å². The third-order valence-electron chi connectivity index (χ3n) is 5.32. The van der Waals surface area contributed by atoms with Crippen molar-refractivity contribution >= 4 is 5.78 Å². The Kier molecular flexibility index (Phi) is 4.88. The zero-order chi connectivity index (χ0) is 18.8. The zero-order valence-electron chi connectivity index (χ0n) is 15.5. The first-order valence-corrected chi connectivity index (χ1v) is 9.62. The first-order valence-electron chi connectivity index (χ1n) is 9.62. The molecule has 0 unspecified atom stereocenters. The minimum absolute atomic E-state index is 0.124. The number of benzene rings is 2. The van der Waals surface area contributed by atoms with Crippen LogP contribution in [0.5, 0.6) is 0 Å². The molecule has 1 aliphatic rings. The van der Waals surface area contributed by atoms with Crippen LogP contribution < -0.4 is 0 Å². The van der Waals surface area contributed by atoms with Gasteiger partial charge in [0, 0.05) is 6.42 Å². The maximum atomic E-state index is 14.4. The van der Waals surface area contributed by atoms with Gasteiger partial charge in [-0.25, -0.2) is 9.07 Å². The number of rotatable bonds is 5. The van der Waals surface area contributed by atoms with Crippen molar-refractivity contribution in [3.05, 3.63) is 82.9 Å². The minimum Gasteiger partial charge on any atom is -0.294 e. The molecule has 0 radical (unpaired) electrons. The first kappa shape index (κ1) is 17.7. The molecule has 0 fully saturated rings. The molecule has 1 atom stereocenters. The molecule has 0 N–H and O–H groups in total. The summed E-state index contributed by atoms with van der Waals surface area (Å²) in [6.07, 6.45) is 3.89. The summed E-state index contributed by atoms with van der Waals surface area (Å²) in [6, 6.07) is 16.7. The Bertz CT molecular complexity index is 962. The lowest BCUT2D eigenvalue weighted by Crippen LogP contribution is -2.19. The Hall–Kier alpha value is -2.75. The Morgan fingerprint density at radius 1 is 1.07 bits per heavy atom. The average molecular weight is 362 g/mol. The monoisotopic (exact) mass is 362 g/mol. The van der Waals surface area contributed by atoms with Crippen LogP contribution >= 0.6 is 0 Å². The van der Waals surface area contributed by atoms with Gasteiger partial charge >= 0.3 is 0 Å². The zero-order valence-corrected chi connectivity index (χ0v) is 15.5. The number of halogens is 1. The van der Waals surface area contributed by atoms with Crippen molar-refractivity contribution in [3.63, 3.8) is 0 Å². The molecule has 1 heterocycles. The maximum absolute atomic E-state index is 14.4. The molecule has 4 rings (SSSR count). The molecule has 4 heteroatoms. The molecule has 3 nitrogen and oxygen atoms in total. The summed E-state index contributed by atoms with van der Waals surface area (Å²) >= 11 is 0. The number of unbranched alkanes of at least 4 members (excludes halogenated alkanes) is 1. The van der Waals surface area contributed by atoms with Crippen molar-refractivity contribution in [3.8, 4) is 5.69 Å². The molecule has 0 bridgehead atoms. The van der Waals surface area contributed by atoms with E-state index < -0.39 is 0 Å². The largest absolute Gasteiger partial charge is 0.294 e. The Labute approximate surface area is 158 Å². The summed E-state index contributed by atoms with van der Waals surface area (Å²) in [7, 11) is 0. The summed E-state index contributed by atoms with van der Waals surface area (Å²) in [5, 5.41) is 4.72. The first-order chi connectivity index (χ1) is 13.2. The van der Waals surface area contributed by atoms with Crippen molar-refractivity contribution in [2.75, 3.05) is 0 Å². The summed E-state index contributed by atoms with van der Waals surface area (Å²) in [6.45, 7) is 2.11. The van der Waals surface area contributed by atoms with E-state index in [0.29, 0.717) is 18.5 Å². The number of hydrogen-bond donors (Lipinski definition) is 0. The van der Waals surface area contributed by atoms with E-state index in [-0.39, 0.29) is 17.5 Å². The van der Waals surface area contributed by atoms with E-state index >= 15 is 0 Å². The number of ketones is 1. The van der Waals surface area contributed by atoms with E-state index in [9.17, 15) is 9.18 Å². The fourth-order valence-electron chi connectivity index (χ4n) is 3.96. The van der Waals surface area contributed by atoms with Gasteiger partial charge in [0.2, 0.25) is 0 Å². The molecular weight excluding hydrogens is 339 g/mol. The number of para-hydroxylation sites is 1. The Balaban J connectivity index is 1.80. The molecule has 0 aliphatic heterocycles. The van der Waals surface area contributed by atoms with Crippen LogP contribution in [0.2, 0.25) is 0 Å². The van der Waals surface area contributed by atoms with Gasteiger partial charge < -0.3 is 0 Å². The van der Waals surface area contributed by atoms with Crippen LogP contribution in [-0.2, 0) is 12.8 Å². The standard InChI is InChI=1S/C23H23FN2O/c1-2-3-12-21-23-19(25-26(21)20-13-8-7-11-18(20)24)14-17(15-22(23)27)16-9-5-4-6-10-16/h4-11,13,17H,2-3,12,14-15H2,1H3/t17-/m0/s1. The molecule has 0 saturated carbocycles. The lowest BCUT2D eigenvalue weighted by molar-refractivity contribution is 0.0963. The van der Waals surface area contributed by atoms with Gasteiger partial charge in [-0.1, -0.05) is 55.8 Å². The van der Waals surface area contributed by atoms with E-state index in [2.05, 4.69) is 19.1 Å². The van der Waals surface area contributed by atoms with Gasteiger partial charge in [-0.15, -0.1) is 0 Å². The molecule has 3 aromatic rings. The van der Waals surface area contributed by atoms with Gasteiger partial charge in [0.25, 0.3) is 0 Å². The van der Waals surface area contributed by atoms with Gasteiger partial charge in [0.05, 0.1) is 17.0 Å². The fraction of sp³-hybridized carbons (Fsp3) is 0.304. The number of hydrogen-bond acceptors (Lipinski definition) is 2. The van der Waals surface area contributed by atoms with Crippen LogP contribution in [-0.4, -0.2) is 15.6 Å². The second-order valence-corrected chi connectivity index (χ2v) is 7.17. The van der Waals surface area contributed by atoms with Crippen LogP contribution in [0.15, 0.2) is 54.6 Å². The summed E-state index contributed by atoms with van der Waals surface area (Å²) in [4.78, 5) is 13.0. The van der Waals surface area contributed by atoms with Crippen LogP contribution in [0.1, 0.15) is 59.4 Å². The lowest BCUT2D eigenvalue weighted by Gasteiger charge is -2.21. The van der Waals surface area contributed by atoms with Gasteiger partial charge in [-0.3, -0.25) is 4.79 Å². The third kappa shape index (κ3) is 3.32. The van der Waals surface area contributed by atoms with Crippen molar-refractivity contribution in [1.29, 1.82) is 0 Å². The van der Waals surface area contributed by atoms with E-state index in [1.807, 2.05) is 18.2 Å². The predicted molar refractivity (Wildman–Crippen MR) is 104 cm³/mol. The molecule has 0 saturated heterocycles. The van der Waals surface area contributed by atoms with Crippen LogP contribution in [0.25, 0.3) is 5.69 Å². The van der Waals surface area contributed by atoms with Gasteiger partial charge in [-0.2, -0.15) is 5.10 Å². The van der Waals surface area contributed by atoms with Gasteiger partial charge in [0.1, 0.15) is 11.5 Å². The number of carbonyl (C=O) groups excluding carboxylic acids is 1. The molecule has 138 valence electrons. The quantitative estimate of drug-likeness (QED) is 0.620. The molecular formula is C23H23FN2O. The Morgan fingerprint density at radius 2 is 1.81 bits per heavy atom. The van der Waals surface area contributed by atoms with Gasteiger partial charge in [-0.05, 0) is 42.9 Å².